The topological polar surface area (TPSA) is 58.4 Å². The van der Waals surface area contributed by atoms with Gasteiger partial charge < -0.3 is 4.42 Å². The summed E-state index contributed by atoms with van der Waals surface area (Å²) in [6, 6.07) is 19.3. The number of anilines is 1. The summed E-state index contributed by atoms with van der Waals surface area (Å²) in [5, 5.41) is 1.69. The zero-order valence-electron chi connectivity index (χ0n) is 13.7. The minimum Gasteiger partial charge on any atom is -0.441 e. The molecule has 0 fully saturated rings. The Kier molecular flexibility index (Phi) is 4.61. The molecule has 0 aliphatic heterocycles. The van der Waals surface area contributed by atoms with E-state index in [1.807, 2.05) is 67.6 Å². The first-order valence-electron chi connectivity index (χ1n) is 7.73. The number of aryl methyl sites for hydroxylation is 1. The van der Waals surface area contributed by atoms with Crippen molar-refractivity contribution in [2.24, 2.45) is 0 Å². The van der Waals surface area contributed by atoms with E-state index >= 15 is 0 Å². The summed E-state index contributed by atoms with van der Waals surface area (Å²) in [5.74, 6) is 1.05. The molecule has 3 aromatic rings. The number of carbonyl (C=O) groups excluding carboxylic acids is 1. The number of amides is 1. The number of hydrogen-bond donors (Lipinski definition) is 1. The molecule has 0 unspecified atom stereocenters. The fourth-order valence-corrected chi connectivity index (χ4v) is 2.39. The van der Waals surface area contributed by atoms with Crippen LogP contribution in [-0.4, -0.2) is 17.9 Å². The number of hydrogen-bond acceptors (Lipinski definition) is 4. The number of aromatic nitrogens is 1. The van der Waals surface area contributed by atoms with Crippen molar-refractivity contribution < 1.29 is 9.21 Å². The van der Waals surface area contributed by atoms with Gasteiger partial charge in [-0.2, -0.15) is 0 Å². The van der Waals surface area contributed by atoms with Gasteiger partial charge in [-0.25, -0.2) is 4.98 Å². The van der Waals surface area contributed by atoms with Crippen molar-refractivity contribution in [2.45, 2.75) is 13.3 Å². The summed E-state index contributed by atoms with van der Waals surface area (Å²) in [7, 11) is 1.80. The second kappa shape index (κ2) is 7.00. The number of rotatable bonds is 5. The Morgan fingerprint density at radius 2 is 1.71 bits per heavy atom. The van der Waals surface area contributed by atoms with Crippen LogP contribution in [0.5, 0.6) is 0 Å². The van der Waals surface area contributed by atoms with Crippen LogP contribution in [0.15, 0.2) is 65.1 Å². The monoisotopic (exact) mass is 321 g/mol. The molecule has 1 N–H and O–H groups in total. The normalized spacial score (nSPS) is 10.4. The minimum absolute atomic E-state index is 0.141. The fourth-order valence-electron chi connectivity index (χ4n) is 2.39. The van der Waals surface area contributed by atoms with Gasteiger partial charge in [0.2, 0.25) is 11.8 Å². The molecule has 122 valence electrons. The lowest BCUT2D eigenvalue weighted by Crippen LogP contribution is -2.40. The molecule has 0 saturated carbocycles. The zero-order chi connectivity index (χ0) is 16.9. The molecule has 1 heterocycles. The van der Waals surface area contributed by atoms with E-state index in [1.165, 1.54) is 0 Å². The Balaban J connectivity index is 1.68. The van der Waals surface area contributed by atoms with E-state index in [2.05, 4.69) is 10.4 Å². The Labute approximate surface area is 140 Å². The van der Waals surface area contributed by atoms with Crippen LogP contribution in [0.3, 0.4) is 0 Å². The van der Waals surface area contributed by atoms with Crippen molar-refractivity contribution in [3.8, 4) is 11.5 Å². The van der Waals surface area contributed by atoms with E-state index in [0.717, 1.165) is 11.3 Å². The number of hydrazine groups is 1. The number of nitrogens with one attached hydrogen (secondary N) is 1. The third kappa shape index (κ3) is 3.63. The Bertz CT molecular complexity index is 813. The number of oxazole rings is 1. The molecule has 5 heteroatoms. The second-order valence-corrected chi connectivity index (χ2v) is 5.49. The molecule has 0 radical (unpaired) electrons. The molecular weight excluding hydrogens is 302 g/mol. The lowest BCUT2D eigenvalue weighted by Gasteiger charge is -2.19. The first-order valence-corrected chi connectivity index (χ1v) is 7.73. The van der Waals surface area contributed by atoms with Crippen LogP contribution in [0.25, 0.3) is 11.5 Å². The highest BCUT2D eigenvalue weighted by Gasteiger charge is 2.15. The Hall–Kier alpha value is -3.08. The highest BCUT2D eigenvalue weighted by molar-refractivity contribution is 5.80. The zero-order valence-corrected chi connectivity index (χ0v) is 13.7. The van der Waals surface area contributed by atoms with Gasteiger partial charge in [-0.3, -0.25) is 15.2 Å². The molecule has 1 amide bonds. The van der Waals surface area contributed by atoms with Crippen LogP contribution < -0.4 is 10.4 Å². The van der Waals surface area contributed by atoms with Crippen molar-refractivity contribution in [1.29, 1.82) is 0 Å². The highest BCUT2D eigenvalue weighted by Crippen LogP contribution is 2.21. The number of carbonyl (C=O) groups is 1. The van der Waals surface area contributed by atoms with Gasteiger partial charge >= 0.3 is 0 Å². The molecule has 3 rings (SSSR count). The first-order chi connectivity index (χ1) is 11.6. The summed E-state index contributed by atoms with van der Waals surface area (Å²) in [6.45, 7) is 1.82. The largest absolute Gasteiger partial charge is 0.441 e. The summed E-state index contributed by atoms with van der Waals surface area (Å²) >= 11 is 0. The van der Waals surface area contributed by atoms with Crippen LogP contribution in [0, 0.1) is 6.92 Å². The van der Waals surface area contributed by atoms with Gasteiger partial charge in [0.05, 0.1) is 17.8 Å². The Morgan fingerprint density at radius 3 is 2.38 bits per heavy atom. The van der Waals surface area contributed by atoms with Gasteiger partial charge in [0.1, 0.15) is 5.76 Å². The molecule has 0 aliphatic rings. The highest BCUT2D eigenvalue weighted by atomic mass is 16.4. The van der Waals surface area contributed by atoms with Crippen LogP contribution >= 0.6 is 0 Å². The van der Waals surface area contributed by atoms with Gasteiger partial charge in [0, 0.05) is 12.6 Å². The molecule has 24 heavy (non-hydrogen) atoms. The molecule has 1 aromatic heterocycles. The standard InChI is InChI=1S/C19H19N3O2/c1-14-17(20-19(24-14)15-9-5-3-6-10-15)13-18(23)21-22(2)16-11-7-4-8-12-16/h3-12H,13H2,1-2H3,(H,21,23). The maximum atomic E-state index is 12.3. The molecule has 0 aliphatic carbocycles. The summed E-state index contributed by atoms with van der Waals surface area (Å²) in [4.78, 5) is 16.7. The fraction of sp³-hybridized carbons (Fsp3) is 0.158. The molecule has 0 spiro atoms. The lowest BCUT2D eigenvalue weighted by molar-refractivity contribution is -0.120. The third-order valence-electron chi connectivity index (χ3n) is 3.68. The van der Waals surface area contributed by atoms with Crippen LogP contribution in [0.4, 0.5) is 5.69 Å². The van der Waals surface area contributed by atoms with Crippen molar-refractivity contribution in [2.75, 3.05) is 12.1 Å². The van der Waals surface area contributed by atoms with Gasteiger partial charge in [0.25, 0.3) is 0 Å². The average molecular weight is 321 g/mol. The van der Waals surface area contributed by atoms with E-state index in [4.69, 9.17) is 4.42 Å². The third-order valence-corrected chi connectivity index (χ3v) is 3.68. The SMILES string of the molecule is Cc1oc(-c2ccccc2)nc1CC(=O)NN(C)c1ccccc1. The van der Waals surface area contributed by atoms with Gasteiger partial charge in [-0.15, -0.1) is 0 Å². The van der Waals surface area contributed by atoms with Crippen molar-refractivity contribution >= 4 is 11.6 Å². The second-order valence-electron chi connectivity index (χ2n) is 5.49. The molecule has 0 saturated heterocycles. The maximum absolute atomic E-state index is 12.3. The molecule has 5 nitrogen and oxygen atoms in total. The van der Waals surface area contributed by atoms with E-state index < -0.39 is 0 Å². The molecule has 0 atom stereocenters. The average Bonchev–Trinajstić information content (AvgIpc) is 2.97. The van der Waals surface area contributed by atoms with Crippen LogP contribution in [0.1, 0.15) is 11.5 Å². The summed E-state index contributed by atoms with van der Waals surface area (Å²) in [5.41, 5.74) is 5.29. The Morgan fingerprint density at radius 1 is 1.08 bits per heavy atom. The first kappa shape index (κ1) is 15.8. The number of benzene rings is 2. The minimum atomic E-state index is -0.141. The van der Waals surface area contributed by atoms with Crippen LogP contribution in [-0.2, 0) is 11.2 Å². The van der Waals surface area contributed by atoms with E-state index in [0.29, 0.717) is 17.3 Å². The van der Waals surface area contributed by atoms with Crippen molar-refractivity contribution in [3.63, 3.8) is 0 Å². The van der Waals surface area contributed by atoms with E-state index in [1.54, 1.807) is 12.1 Å². The summed E-state index contributed by atoms with van der Waals surface area (Å²) in [6.07, 6.45) is 0.166. The molecule has 2 aromatic carbocycles. The maximum Gasteiger partial charge on any atom is 0.244 e. The number of para-hydroxylation sites is 1. The van der Waals surface area contributed by atoms with Crippen molar-refractivity contribution in [3.05, 3.63) is 72.1 Å². The van der Waals surface area contributed by atoms with Crippen molar-refractivity contribution in [1.82, 2.24) is 10.4 Å². The molecular formula is C19H19N3O2. The lowest BCUT2D eigenvalue weighted by atomic mass is 10.2. The summed E-state index contributed by atoms with van der Waals surface area (Å²) < 4.78 is 5.69. The van der Waals surface area contributed by atoms with Gasteiger partial charge in [-0.05, 0) is 31.2 Å². The number of nitrogens with zero attached hydrogens (tertiary/aromatic N) is 2. The predicted octanol–water partition coefficient (Wildman–Crippen LogP) is 3.36. The predicted molar refractivity (Wildman–Crippen MR) is 93.4 cm³/mol. The van der Waals surface area contributed by atoms with E-state index in [-0.39, 0.29) is 12.3 Å². The van der Waals surface area contributed by atoms with Gasteiger partial charge in [-0.1, -0.05) is 36.4 Å². The van der Waals surface area contributed by atoms with E-state index in [9.17, 15) is 4.79 Å². The van der Waals surface area contributed by atoms with Gasteiger partial charge in [0.15, 0.2) is 0 Å². The van der Waals surface area contributed by atoms with Crippen LogP contribution in [0.2, 0.25) is 0 Å². The quantitative estimate of drug-likeness (QED) is 0.732. The smallest absolute Gasteiger partial charge is 0.244 e. The molecule has 0 bridgehead atoms.